The van der Waals surface area contributed by atoms with E-state index in [0.29, 0.717) is 34.2 Å². The fraction of sp³-hybridized carbons (Fsp3) is 0.200. The summed E-state index contributed by atoms with van der Waals surface area (Å²) in [7, 11) is 0. The fourth-order valence-corrected chi connectivity index (χ4v) is 5.52. The summed E-state index contributed by atoms with van der Waals surface area (Å²) >= 11 is 6.25. The van der Waals surface area contributed by atoms with Gasteiger partial charge in [0.25, 0.3) is 5.56 Å². The summed E-state index contributed by atoms with van der Waals surface area (Å²) in [4.78, 5) is 25.2. The first-order valence-electron chi connectivity index (χ1n) is 12.1. The molecule has 208 valence electrons. The van der Waals surface area contributed by atoms with Crippen molar-refractivity contribution in [2.75, 3.05) is 5.73 Å². The van der Waals surface area contributed by atoms with Crippen LogP contribution < -0.4 is 16.0 Å². The molecule has 41 heavy (non-hydrogen) atoms. The average molecular weight is 586 g/mol. The van der Waals surface area contributed by atoms with Gasteiger partial charge in [-0.3, -0.25) is 9.36 Å². The number of rotatable bonds is 5. The second-order valence-electron chi connectivity index (χ2n) is 9.66. The minimum absolute atomic E-state index is 0.0147. The Balaban J connectivity index is 1.28. The molecule has 5 aromatic rings. The first-order valence-corrected chi connectivity index (χ1v) is 12.5. The molecule has 1 aliphatic heterocycles. The predicted octanol–water partition coefficient (Wildman–Crippen LogP) is 4.26. The molecule has 0 bridgehead atoms. The Labute approximate surface area is 231 Å². The lowest BCUT2D eigenvalue weighted by atomic mass is 10.1. The van der Waals surface area contributed by atoms with E-state index in [-0.39, 0.29) is 34.6 Å². The summed E-state index contributed by atoms with van der Waals surface area (Å²) in [5, 5.41) is 11.7. The topological polar surface area (TPSA) is 142 Å². The summed E-state index contributed by atoms with van der Waals surface area (Å²) in [6.07, 6.45) is -2.89. The van der Waals surface area contributed by atoms with Gasteiger partial charge in [0.1, 0.15) is 23.7 Å². The van der Waals surface area contributed by atoms with E-state index in [1.54, 1.807) is 18.2 Å². The Morgan fingerprint density at radius 1 is 1.12 bits per heavy atom. The second-order valence-corrected chi connectivity index (χ2v) is 10.1. The lowest BCUT2D eigenvalue weighted by Crippen LogP contribution is -2.27. The number of aromatic nitrogens is 8. The number of nitrogens with zero attached hydrogens (tertiary/aromatic N) is 7. The van der Waals surface area contributed by atoms with Gasteiger partial charge in [0.2, 0.25) is 5.95 Å². The van der Waals surface area contributed by atoms with E-state index in [2.05, 4.69) is 30.2 Å². The highest BCUT2D eigenvalue weighted by Gasteiger charge is 2.55. The number of anilines is 1. The number of hydrogen-bond donors (Lipinski definition) is 2. The van der Waals surface area contributed by atoms with Crippen LogP contribution >= 0.6 is 11.6 Å². The zero-order chi connectivity index (χ0) is 28.6. The standard InChI is InChI=1S/C25H16ClF4N9O2/c26-11-2-4-17(38-9-32-36-37-38)14(6-11)16-8-19(40)39-21(12-7-13(12)24(39)33-16)23-34-20(22(27)35-23)10-1-3-15(31)18(5-10)41-25(28,29)30/h1-6,8-9,12-13,21H,7,31H2,(H,34,35). The van der Waals surface area contributed by atoms with Crippen LogP contribution in [0.25, 0.3) is 28.2 Å². The van der Waals surface area contributed by atoms with Gasteiger partial charge in [0.15, 0.2) is 5.75 Å². The molecule has 3 N–H and O–H groups in total. The molecule has 3 unspecified atom stereocenters. The summed E-state index contributed by atoms with van der Waals surface area (Å²) in [6.45, 7) is 0. The van der Waals surface area contributed by atoms with Crippen LogP contribution in [-0.2, 0) is 0 Å². The Bertz CT molecular complexity index is 1890. The third kappa shape index (κ3) is 4.28. The number of fused-ring (bicyclic) bond motifs is 3. The first kappa shape index (κ1) is 25.2. The molecule has 1 saturated carbocycles. The Kier molecular flexibility index (Phi) is 5.44. The highest BCUT2D eigenvalue weighted by atomic mass is 35.5. The third-order valence-electron chi connectivity index (χ3n) is 7.14. The van der Waals surface area contributed by atoms with Crippen LogP contribution in [0.3, 0.4) is 0 Å². The van der Waals surface area contributed by atoms with Crippen molar-refractivity contribution in [1.82, 2.24) is 39.7 Å². The summed E-state index contributed by atoms with van der Waals surface area (Å²) in [6, 6.07) is 9.19. The molecule has 3 aromatic heterocycles. The third-order valence-corrected chi connectivity index (χ3v) is 7.37. The lowest BCUT2D eigenvalue weighted by molar-refractivity contribution is -0.274. The molecular formula is C25H16ClF4N9O2. The fourth-order valence-electron chi connectivity index (χ4n) is 5.35. The largest absolute Gasteiger partial charge is 0.573 e. The highest BCUT2D eigenvalue weighted by molar-refractivity contribution is 6.31. The van der Waals surface area contributed by atoms with Gasteiger partial charge in [-0.25, -0.2) is 9.97 Å². The number of hydrogen-bond acceptors (Lipinski definition) is 8. The van der Waals surface area contributed by atoms with Crippen LogP contribution in [0.4, 0.5) is 23.2 Å². The Morgan fingerprint density at radius 3 is 2.71 bits per heavy atom. The molecular weight excluding hydrogens is 570 g/mol. The first-order chi connectivity index (χ1) is 19.6. The van der Waals surface area contributed by atoms with Gasteiger partial charge < -0.3 is 15.5 Å². The van der Waals surface area contributed by atoms with E-state index in [4.69, 9.17) is 22.3 Å². The van der Waals surface area contributed by atoms with Gasteiger partial charge in [0, 0.05) is 28.1 Å². The highest BCUT2D eigenvalue weighted by Crippen LogP contribution is 2.60. The Hall–Kier alpha value is -4.79. The molecule has 0 saturated heterocycles. The maximum absolute atomic E-state index is 15.1. The van der Waals surface area contributed by atoms with E-state index in [0.717, 1.165) is 6.07 Å². The van der Waals surface area contributed by atoms with Crippen LogP contribution in [0.15, 0.2) is 53.6 Å². The van der Waals surface area contributed by atoms with Crippen molar-refractivity contribution in [2.45, 2.75) is 24.7 Å². The predicted molar refractivity (Wildman–Crippen MR) is 136 cm³/mol. The maximum Gasteiger partial charge on any atom is 0.573 e. The molecule has 3 atom stereocenters. The monoisotopic (exact) mass is 585 g/mol. The number of imidazole rings is 1. The van der Waals surface area contributed by atoms with Crippen molar-refractivity contribution in [3.05, 3.63) is 81.8 Å². The number of tetrazole rings is 1. The molecule has 16 heteroatoms. The summed E-state index contributed by atoms with van der Waals surface area (Å²) in [5.74, 6) is -1.04. The van der Waals surface area contributed by atoms with Crippen LogP contribution in [-0.4, -0.2) is 46.1 Å². The average Bonchev–Trinajstić information content (AvgIpc) is 3.22. The van der Waals surface area contributed by atoms with Gasteiger partial charge in [-0.15, -0.1) is 18.3 Å². The smallest absolute Gasteiger partial charge is 0.404 e. The number of nitrogen functional groups attached to an aromatic ring is 1. The number of nitrogens with one attached hydrogen (secondary N) is 1. The quantitative estimate of drug-likeness (QED) is 0.230. The maximum atomic E-state index is 15.1. The molecule has 0 radical (unpaired) electrons. The number of H-pyrrole nitrogens is 1. The molecule has 2 aromatic carbocycles. The van der Waals surface area contributed by atoms with Crippen LogP contribution in [0.1, 0.15) is 30.0 Å². The normalized spacial score (nSPS) is 19.2. The molecule has 0 amide bonds. The van der Waals surface area contributed by atoms with Crippen molar-refractivity contribution in [2.24, 2.45) is 5.92 Å². The Morgan fingerprint density at radius 2 is 1.95 bits per heavy atom. The summed E-state index contributed by atoms with van der Waals surface area (Å²) < 4.78 is 60.3. The van der Waals surface area contributed by atoms with Gasteiger partial charge >= 0.3 is 6.36 Å². The van der Waals surface area contributed by atoms with Crippen LogP contribution in [0.2, 0.25) is 5.02 Å². The van der Waals surface area contributed by atoms with E-state index < -0.39 is 29.7 Å². The van der Waals surface area contributed by atoms with Crippen molar-refractivity contribution < 1.29 is 22.3 Å². The number of aromatic amines is 1. The molecule has 0 spiro atoms. The van der Waals surface area contributed by atoms with Crippen molar-refractivity contribution in [3.63, 3.8) is 0 Å². The zero-order valence-electron chi connectivity index (χ0n) is 20.5. The van der Waals surface area contributed by atoms with Crippen LogP contribution in [0.5, 0.6) is 5.75 Å². The molecule has 2 aliphatic rings. The van der Waals surface area contributed by atoms with Crippen LogP contribution in [0, 0.1) is 11.9 Å². The van der Waals surface area contributed by atoms with E-state index >= 15 is 4.39 Å². The van der Waals surface area contributed by atoms with E-state index in [1.807, 2.05) is 0 Å². The second kappa shape index (κ2) is 8.86. The number of halogens is 5. The van der Waals surface area contributed by atoms with Gasteiger partial charge in [-0.05, 0) is 53.1 Å². The molecule has 1 fully saturated rings. The summed E-state index contributed by atoms with van der Waals surface area (Å²) in [5.41, 5.74) is 6.18. The number of benzene rings is 2. The zero-order valence-corrected chi connectivity index (χ0v) is 21.2. The number of alkyl halides is 3. The lowest BCUT2D eigenvalue weighted by Gasteiger charge is -2.17. The molecule has 11 nitrogen and oxygen atoms in total. The molecule has 1 aliphatic carbocycles. The van der Waals surface area contributed by atoms with Gasteiger partial charge in [-0.2, -0.15) is 9.07 Å². The minimum atomic E-state index is -4.98. The number of nitrogens with two attached hydrogens (primary N) is 1. The van der Waals surface area contributed by atoms with Crippen molar-refractivity contribution >= 4 is 17.3 Å². The molecule has 7 rings (SSSR count). The van der Waals surface area contributed by atoms with E-state index in [1.165, 1.54) is 33.8 Å². The SMILES string of the molecule is Nc1ccc(-c2nc(C3C4CC4c4nc(-c5cc(Cl)ccc5-n5cnnn5)cc(=O)n43)[nH]c2F)cc1OC(F)(F)F. The van der Waals surface area contributed by atoms with Gasteiger partial charge in [0.05, 0.1) is 23.1 Å². The molecule has 4 heterocycles. The number of ether oxygens (including phenoxy) is 1. The van der Waals surface area contributed by atoms with E-state index in [9.17, 15) is 18.0 Å². The van der Waals surface area contributed by atoms with Crippen molar-refractivity contribution in [1.29, 1.82) is 0 Å². The van der Waals surface area contributed by atoms with Gasteiger partial charge in [-0.1, -0.05) is 17.7 Å². The minimum Gasteiger partial charge on any atom is -0.404 e. The van der Waals surface area contributed by atoms with Crippen molar-refractivity contribution in [3.8, 4) is 34.0 Å².